The van der Waals surface area contributed by atoms with E-state index in [9.17, 15) is 0 Å². The third-order valence-electron chi connectivity index (χ3n) is 4.67. The SMILES string of the molecule is COc1cc(N2CCN(C)CC2)ccc1C1(N)N=C(N)C(C)=CN1. The van der Waals surface area contributed by atoms with Gasteiger partial charge in [0.1, 0.15) is 11.6 Å². The smallest absolute Gasteiger partial charge is 0.214 e. The number of aliphatic imine (C=N–C) groups is 1. The number of nitrogens with two attached hydrogens (primary N) is 2. The van der Waals surface area contributed by atoms with Crippen LogP contribution in [0.4, 0.5) is 5.69 Å². The minimum Gasteiger partial charge on any atom is -0.496 e. The van der Waals surface area contributed by atoms with Crippen molar-refractivity contribution in [2.45, 2.75) is 12.7 Å². The number of hydrogen-bond acceptors (Lipinski definition) is 7. The average molecular weight is 330 g/mol. The molecule has 0 saturated carbocycles. The molecule has 0 bridgehead atoms. The number of ether oxygens (including phenoxy) is 1. The van der Waals surface area contributed by atoms with Crippen molar-refractivity contribution in [1.82, 2.24) is 10.2 Å². The van der Waals surface area contributed by atoms with Gasteiger partial charge in [0.2, 0.25) is 5.79 Å². The highest BCUT2D eigenvalue weighted by atomic mass is 16.5. The summed E-state index contributed by atoms with van der Waals surface area (Å²) in [5.41, 5.74) is 15.1. The van der Waals surface area contributed by atoms with Gasteiger partial charge in [-0.05, 0) is 26.1 Å². The third kappa shape index (κ3) is 3.05. The number of nitrogens with one attached hydrogen (secondary N) is 1. The Morgan fingerprint density at radius 1 is 1.25 bits per heavy atom. The molecule has 1 saturated heterocycles. The van der Waals surface area contributed by atoms with Crippen molar-refractivity contribution < 1.29 is 4.74 Å². The maximum Gasteiger partial charge on any atom is 0.214 e. The van der Waals surface area contributed by atoms with Gasteiger partial charge >= 0.3 is 0 Å². The lowest BCUT2D eigenvalue weighted by Crippen LogP contribution is -2.50. The summed E-state index contributed by atoms with van der Waals surface area (Å²) in [4.78, 5) is 9.10. The topological polar surface area (TPSA) is 92.1 Å². The quantitative estimate of drug-likeness (QED) is 0.742. The number of anilines is 1. The lowest BCUT2D eigenvalue weighted by molar-refractivity contribution is 0.312. The van der Waals surface area contributed by atoms with Gasteiger partial charge in [0.15, 0.2) is 0 Å². The van der Waals surface area contributed by atoms with E-state index in [0.717, 1.165) is 43.0 Å². The van der Waals surface area contributed by atoms with Gasteiger partial charge in [-0.1, -0.05) is 0 Å². The molecule has 1 aromatic carbocycles. The van der Waals surface area contributed by atoms with Crippen molar-refractivity contribution in [2.24, 2.45) is 16.5 Å². The molecule has 0 aliphatic carbocycles. The van der Waals surface area contributed by atoms with Crippen LogP contribution < -0.4 is 26.4 Å². The Morgan fingerprint density at radius 3 is 2.58 bits per heavy atom. The number of hydrogen-bond donors (Lipinski definition) is 3. The molecule has 5 N–H and O–H groups in total. The van der Waals surface area contributed by atoms with Crippen LogP contribution in [0.15, 0.2) is 35.0 Å². The Kier molecular flexibility index (Phi) is 4.38. The summed E-state index contributed by atoms with van der Waals surface area (Å²) in [5.74, 6) is 0.0163. The van der Waals surface area contributed by atoms with Gasteiger partial charge < -0.3 is 25.6 Å². The molecule has 0 aromatic heterocycles. The van der Waals surface area contributed by atoms with Crippen molar-refractivity contribution in [1.29, 1.82) is 0 Å². The molecule has 0 amide bonds. The molecule has 2 heterocycles. The van der Waals surface area contributed by atoms with Crippen LogP contribution in [0.3, 0.4) is 0 Å². The first-order valence-electron chi connectivity index (χ1n) is 8.14. The van der Waals surface area contributed by atoms with Crippen molar-refractivity contribution >= 4 is 11.5 Å². The van der Waals surface area contributed by atoms with Crippen LogP contribution in [0, 0.1) is 0 Å². The number of methoxy groups -OCH3 is 1. The number of piperazine rings is 1. The monoisotopic (exact) mass is 330 g/mol. The van der Waals surface area contributed by atoms with Gasteiger partial charge in [-0.3, -0.25) is 5.73 Å². The minimum absolute atomic E-state index is 0.432. The second-order valence-electron chi connectivity index (χ2n) is 6.41. The average Bonchev–Trinajstić information content (AvgIpc) is 2.58. The summed E-state index contributed by atoms with van der Waals surface area (Å²) in [6.45, 7) is 5.99. The van der Waals surface area contributed by atoms with E-state index >= 15 is 0 Å². The van der Waals surface area contributed by atoms with E-state index in [-0.39, 0.29) is 0 Å². The molecule has 0 spiro atoms. The van der Waals surface area contributed by atoms with Crippen LogP contribution in [0.2, 0.25) is 0 Å². The fraction of sp³-hybridized carbons (Fsp3) is 0.471. The second-order valence-corrected chi connectivity index (χ2v) is 6.41. The Hall–Kier alpha value is -2.25. The van der Waals surface area contributed by atoms with Crippen LogP contribution >= 0.6 is 0 Å². The zero-order valence-corrected chi connectivity index (χ0v) is 14.5. The first-order chi connectivity index (χ1) is 11.4. The molecule has 2 aliphatic heterocycles. The first kappa shape index (κ1) is 16.6. The van der Waals surface area contributed by atoms with Crippen LogP contribution in [0.5, 0.6) is 5.75 Å². The van der Waals surface area contributed by atoms with Crippen molar-refractivity contribution in [3.8, 4) is 5.75 Å². The number of likely N-dealkylation sites (N-methyl/N-ethyl adjacent to an activating group) is 1. The van der Waals surface area contributed by atoms with E-state index < -0.39 is 5.79 Å². The highest BCUT2D eigenvalue weighted by Gasteiger charge is 2.32. The number of amidine groups is 1. The van der Waals surface area contributed by atoms with Gasteiger partial charge in [-0.15, -0.1) is 0 Å². The Labute approximate surface area is 143 Å². The van der Waals surface area contributed by atoms with Crippen LogP contribution in [0.1, 0.15) is 12.5 Å². The largest absolute Gasteiger partial charge is 0.496 e. The van der Waals surface area contributed by atoms with Gasteiger partial charge in [-0.2, -0.15) is 0 Å². The maximum absolute atomic E-state index is 6.43. The van der Waals surface area contributed by atoms with Gasteiger partial charge in [0.25, 0.3) is 0 Å². The molecule has 0 radical (unpaired) electrons. The van der Waals surface area contributed by atoms with Crippen LogP contribution in [0.25, 0.3) is 0 Å². The van der Waals surface area contributed by atoms with Crippen molar-refractivity contribution in [3.63, 3.8) is 0 Å². The summed E-state index contributed by atoms with van der Waals surface area (Å²) in [5, 5.41) is 3.12. The minimum atomic E-state index is -1.12. The molecule has 3 rings (SSSR count). The maximum atomic E-state index is 6.43. The summed E-state index contributed by atoms with van der Waals surface area (Å²) in [6.07, 6.45) is 1.79. The third-order valence-corrected chi connectivity index (χ3v) is 4.67. The molecule has 1 aromatic rings. The predicted molar refractivity (Wildman–Crippen MR) is 97.1 cm³/mol. The molecule has 7 nitrogen and oxygen atoms in total. The number of benzene rings is 1. The molecule has 1 atom stereocenters. The molecular weight excluding hydrogens is 304 g/mol. The zero-order chi connectivity index (χ0) is 17.3. The zero-order valence-electron chi connectivity index (χ0n) is 14.5. The van der Waals surface area contributed by atoms with E-state index in [1.165, 1.54) is 0 Å². The summed E-state index contributed by atoms with van der Waals surface area (Å²) in [7, 11) is 3.79. The van der Waals surface area contributed by atoms with Crippen molar-refractivity contribution in [2.75, 3.05) is 45.2 Å². The van der Waals surface area contributed by atoms with Crippen LogP contribution in [-0.2, 0) is 5.79 Å². The van der Waals surface area contributed by atoms with E-state index in [2.05, 4.69) is 33.2 Å². The van der Waals surface area contributed by atoms with E-state index in [1.54, 1.807) is 13.3 Å². The fourth-order valence-corrected chi connectivity index (χ4v) is 3.00. The predicted octanol–water partition coefficient (Wildman–Crippen LogP) is 0.380. The normalized spacial score (nSPS) is 24.9. The Balaban J connectivity index is 1.90. The van der Waals surface area contributed by atoms with Crippen molar-refractivity contribution in [3.05, 3.63) is 35.5 Å². The second kappa shape index (κ2) is 6.33. The first-order valence-corrected chi connectivity index (χ1v) is 8.14. The Bertz CT molecular complexity index is 678. The molecule has 1 unspecified atom stereocenters. The number of nitrogens with zero attached hydrogens (tertiary/aromatic N) is 3. The lowest BCUT2D eigenvalue weighted by Gasteiger charge is -2.35. The molecule has 24 heavy (non-hydrogen) atoms. The van der Waals surface area contributed by atoms with E-state index in [4.69, 9.17) is 16.2 Å². The van der Waals surface area contributed by atoms with Gasteiger partial charge in [0, 0.05) is 49.7 Å². The molecular formula is C17H26N6O. The summed E-state index contributed by atoms with van der Waals surface area (Å²) >= 11 is 0. The highest BCUT2D eigenvalue weighted by Crippen LogP contribution is 2.33. The highest BCUT2D eigenvalue weighted by molar-refractivity contribution is 5.97. The van der Waals surface area contributed by atoms with Gasteiger partial charge in [-0.25, -0.2) is 4.99 Å². The van der Waals surface area contributed by atoms with E-state index in [0.29, 0.717) is 11.6 Å². The standard InChI is InChI=1S/C17H26N6O/c1-12-11-20-17(19,21-16(12)18)14-5-4-13(10-15(14)24-3)23-8-6-22(2)7-9-23/h4-5,10-11,20H,6-9,19H2,1-3H3,(H2,18,21). The molecule has 7 heteroatoms. The molecule has 130 valence electrons. The number of rotatable bonds is 3. The molecule has 1 fully saturated rings. The van der Waals surface area contributed by atoms with E-state index in [1.807, 2.05) is 19.1 Å². The fourth-order valence-electron chi connectivity index (χ4n) is 3.00. The molecule has 2 aliphatic rings. The van der Waals surface area contributed by atoms with Crippen LogP contribution in [-0.4, -0.2) is 51.1 Å². The summed E-state index contributed by atoms with van der Waals surface area (Å²) < 4.78 is 5.59. The Morgan fingerprint density at radius 2 is 1.96 bits per heavy atom. The lowest BCUT2D eigenvalue weighted by atomic mass is 10.0. The van der Waals surface area contributed by atoms with Gasteiger partial charge in [0.05, 0.1) is 12.7 Å². The summed E-state index contributed by atoms with van der Waals surface area (Å²) in [6, 6.07) is 6.05.